The van der Waals surface area contributed by atoms with E-state index in [0.717, 1.165) is 12.8 Å². The van der Waals surface area contributed by atoms with Crippen molar-refractivity contribution < 1.29 is 9.21 Å². The first-order chi connectivity index (χ1) is 9.24. The second-order valence-electron chi connectivity index (χ2n) is 6.87. The zero-order chi connectivity index (χ0) is 15.3. The molecule has 20 heavy (non-hydrogen) atoms. The van der Waals surface area contributed by atoms with Gasteiger partial charge in [0, 0.05) is 6.04 Å². The first-order valence-electron chi connectivity index (χ1n) is 7.32. The predicted molar refractivity (Wildman–Crippen MR) is 81.4 cm³/mol. The van der Waals surface area contributed by atoms with Gasteiger partial charge in [0.15, 0.2) is 0 Å². The van der Waals surface area contributed by atoms with E-state index in [1.165, 1.54) is 6.26 Å². The van der Waals surface area contributed by atoms with Crippen LogP contribution < -0.4 is 11.1 Å². The average Bonchev–Trinajstić information content (AvgIpc) is 2.81. The quantitative estimate of drug-likeness (QED) is 0.840. The molecule has 0 fully saturated rings. The molecule has 0 radical (unpaired) electrons. The Kier molecular flexibility index (Phi) is 5.81. The van der Waals surface area contributed by atoms with Gasteiger partial charge in [0.2, 0.25) is 0 Å². The fraction of sp³-hybridized carbons (Fsp3) is 0.688. The average molecular weight is 280 g/mol. The second-order valence-corrected chi connectivity index (χ2v) is 6.87. The molecule has 1 aromatic heterocycles. The number of rotatable bonds is 6. The zero-order valence-corrected chi connectivity index (χ0v) is 13.3. The molecular weight excluding hydrogens is 252 g/mol. The number of nitrogens with one attached hydrogen (secondary N) is 1. The Balaban J connectivity index is 2.71. The van der Waals surface area contributed by atoms with Crippen LogP contribution in [-0.2, 0) is 6.54 Å². The predicted octanol–water partition coefficient (Wildman–Crippen LogP) is 3.32. The Labute approximate surface area is 122 Å². The molecule has 0 saturated heterocycles. The van der Waals surface area contributed by atoms with Gasteiger partial charge < -0.3 is 15.5 Å². The maximum atomic E-state index is 12.3. The molecule has 0 aliphatic heterocycles. The van der Waals surface area contributed by atoms with E-state index in [1.54, 1.807) is 6.07 Å². The van der Waals surface area contributed by atoms with Crippen LogP contribution in [0.15, 0.2) is 16.7 Å². The van der Waals surface area contributed by atoms with Crippen LogP contribution >= 0.6 is 0 Å². The minimum absolute atomic E-state index is 0.0327. The lowest BCUT2D eigenvalue weighted by atomic mass is 9.82. The minimum atomic E-state index is -0.0860. The van der Waals surface area contributed by atoms with Crippen molar-refractivity contribution in [1.29, 1.82) is 0 Å². The third kappa shape index (κ3) is 5.00. The van der Waals surface area contributed by atoms with E-state index in [9.17, 15) is 4.79 Å². The Hall–Kier alpha value is -1.29. The molecule has 0 aliphatic rings. The zero-order valence-electron chi connectivity index (χ0n) is 13.3. The van der Waals surface area contributed by atoms with Crippen molar-refractivity contribution in [2.45, 2.75) is 60.0 Å². The molecule has 1 unspecified atom stereocenters. The molecule has 3 N–H and O–H groups in total. The van der Waals surface area contributed by atoms with Crippen LogP contribution in [0.4, 0.5) is 0 Å². The van der Waals surface area contributed by atoms with Gasteiger partial charge in [-0.2, -0.15) is 0 Å². The summed E-state index contributed by atoms with van der Waals surface area (Å²) in [7, 11) is 0. The van der Waals surface area contributed by atoms with Crippen molar-refractivity contribution >= 4 is 5.91 Å². The maximum Gasteiger partial charge on any atom is 0.254 e. The summed E-state index contributed by atoms with van der Waals surface area (Å²) in [5.41, 5.74) is 6.07. The summed E-state index contributed by atoms with van der Waals surface area (Å²) in [4.78, 5) is 12.3. The normalized spacial score (nSPS) is 13.6. The van der Waals surface area contributed by atoms with Gasteiger partial charge in [-0.25, -0.2) is 0 Å². The van der Waals surface area contributed by atoms with Gasteiger partial charge >= 0.3 is 0 Å². The summed E-state index contributed by atoms with van der Waals surface area (Å²) in [6.45, 7) is 11.2. The lowest BCUT2D eigenvalue weighted by molar-refractivity contribution is 0.0893. The number of furan rings is 1. The number of carbonyl (C=O) groups excluding carboxylic acids is 1. The molecule has 0 saturated carbocycles. The maximum absolute atomic E-state index is 12.3. The molecule has 0 spiro atoms. The summed E-state index contributed by atoms with van der Waals surface area (Å²) in [6, 6.07) is 1.85. The summed E-state index contributed by atoms with van der Waals surface area (Å²) >= 11 is 0. The molecule has 4 heteroatoms. The van der Waals surface area contributed by atoms with Crippen molar-refractivity contribution in [3.63, 3.8) is 0 Å². The van der Waals surface area contributed by atoms with Gasteiger partial charge in [-0.15, -0.1) is 0 Å². The monoisotopic (exact) mass is 280 g/mol. The molecule has 1 aromatic rings. The summed E-state index contributed by atoms with van der Waals surface area (Å²) < 4.78 is 5.21. The summed E-state index contributed by atoms with van der Waals surface area (Å²) in [6.07, 6.45) is 3.55. The van der Waals surface area contributed by atoms with Crippen LogP contribution in [0, 0.1) is 11.3 Å². The van der Waals surface area contributed by atoms with Crippen molar-refractivity contribution in [3.05, 3.63) is 23.7 Å². The van der Waals surface area contributed by atoms with E-state index >= 15 is 0 Å². The number of hydrogen-bond acceptors (Lipinski definition) is 3. The van der Waals surface area contributed by atoms with E-state index in [2.05, 4.69) is 39.9 Å². The molecule has 1 atom stereocenters. The molecule has 114 valence electrons. The van der Waals surface area contributed by atoms with Crippen molar-refractivity contribution in [2.75, 3.05) is 0 Å². The number of amides is 1. The number of nitrogens with two attached hydrogens (primary N) is 1. The summed E-state index contributed by atoms with van der Waals surface area (Å²) in [5.74, 6) is 1.18. The topological polar surface area (TPSA) is 68.3 Å². The van der Waals surface area contributed by atoms with Crippen LogP contribution in [0.25, 0.3) is 0 Å². The van der Waals surface area contributed by atoms with Crippen LogP contribution in [0.5, 0.6) is 0 Å². The molecule has 0 aliphatic carbocycles. The number of carbonyl (C=O) groups is 1. The Morgan fingerprint density at radius 3 is 2.45 bits per heavy atom. The molecule has 1 heterocycles. The van der Waals surface area contributed by atoms with E-state index in [0.29, 0.717) is 23.8 Å². The molecule has 1 amide bonds. The van der Waals surface area contributed by atoms with Gasteiger partial charge in [-0.1, -0.05) is 34.6 Å². The highest BCUT2D eigenvalue weighted by Crippen LogP contribution is 2.25. The van der Waals surface area contributed by atoms with E-state index in [4.69, 9.17) is 10.2 Å². The fourth-order valence-corrected chi connectivity index (χ4v) is 2.07. The van der Waals surface area contributed by atoms with E-state index in [-0.39, 0.29) is 17.4 Å². The largest absolute Gasteiger partial charge is 0.467 e. The minimum Gasteiger partial charge on any atom is -0.467 e. The first kappa shape index (κ1) is 16.8. The Morgan fingerprint density at radius 1 is 1.35 bits per heavy atom. The van der Waals surface area contributed by atoms with Crippen LogP contribution in [-0.4, -0.2) is 11.9 Å². The van der Waals surface area contributed by atoms with Gasteiger partial charge in [-0.05, 0) is 30.2 Å². The molecular formula is C16H28N2O2. The fourth-order valence-electron chi connectivity index (χ4n) is 2.07. The highest BCUT2D eigenvalue weighted by atomic mass is 16.3. The molecule has 0 aromatic carbocycles. The van der Waals surface area contributed by atoms with Crippen LogP contribution in [0.3, 0.4) is 0 Å². The summed E-state index contributed by atoms with van der Waals surface area (Å²) in [5, 5.41) is 3.13. The SMILES string of the molecule is CC(C)CCC(NC(=O)c1coc(CN)c1)C(C)(C)C. The van der Waals surface area contributed by atoms with Crippen molar-refractivity contribution in [1.82, 2.24) is 5.32 Å². The number of hydrogen-bond donors (Lipinski definition) is 2. The van der Waals surface area contributed by atoms with Crippen LogP contribution in [0.1, 0.15) is 63.6 Å². The molecule has 4 nitrogen and oxygen atoms in total. The Bertz CT molecular complexity index is 430. The van der Waals surface area contributed by atoms with Gasteiger partial charge in [-0.3, -0.25) is 4.79 Å². The van der Waals surface area contributed by atoms with Gasteiger partial charge in [0.1, 0.15) is 12.0 Å². The highest BCUT2D eigenvalue weighted by molar-refractivity contribution is 5.94. The first-order valence-corrected chi connectivity index (χ1v) is 7.32. The Morgan fingerprint density at radius 2 is 2.00 bits per heavy atom. The van der Waals surface area contributed by atoms with Crippen LogP contribution in [0.2, 0.25) is 0 Å². The van der Waals surface area contributed by atoms with E-state index < -0.39 is 0 Å². The highest BCUT2D eigenvalue weighted by Gasteiger charge is 2.26. The second kappa shape index (κ2) is 6.93. The molecule has 1 rings (SSSR count). The third-order valence-electron chi connectivity index (χ3n) is 3.50. The lowest BCUT2D eigenvalue weighted by Crippen LogP contribution is -2.43. The van der Waals surface area contributed by atoms with Crippen molar-refractivity contribution in [3.8, 4) is 0 Å². The molecule has 0 bridgehead atoms. The van der Waals surface area contributed by atoms with Crippen molar-refractivity contribution in [2.24, 2.45) is 17.1 Å². The standard InChI is InChI=1S/C16H28N2O2/c1-11(2)6-7-14(16(3,4)5)18-15(19)12-8-13(9-17)20-10-12/h8,10-11,14H,6-7,9,17H2,1-5H3,(H,18,19). The lowest BCUT2D eigenvalue weighted by Gasteiger charge is -2.32. The van der Waals surface area contributed by atoms with Gasteiger partial charge in [0.25, 0.3) is 5.91 Å². The smallest absolute Gasteiger partial charge is 0.254 e. The van der Waals surface area contributed by atoms with Gasteiger partial charge in [0.05, 0.1) is 12.1 Å². The van der Waals surface area contributed by atoms with E-state index in [1.807, 2.05) is 0 Å². The third-order valence-corrected chi connectivity index (χ3v) is 3.50.